The number of imidazole rings is 1. The van der Waals surface area contributed by atoms with E-state index < -0.39 is 29.3 Å². The van der Waals surface area contributed by atoms with Crippen molar-refractivity contribution >= 4 is 17.0 Å². The van der Waals surface area contributed by atoms with E-state index >= 15 is 0 Å². The Bertz CT molecular complexity index is 874. The molecule has 2 aromatic heterocycles. The fourth-order valence-electron chi connectivity index (χ4n) is 2.30. The molecule has 0 aliphatic carbocycles. The summed E-state index contributed by atoms with van der Waals surface area (Å²) in [6.45, 7) is 0.408. The first-order valence-corrected chi connectivity index (χ1v) is 7.33. The summed E-state index contributed by atoms with van der Waals surface area (Å²) in [6, 6.07) is 0. The van der Waals surface area contributed by atoms with Gasteiger partial charge in [0.15, 0.2) is 5.52 Å². The number of aliphatic carboxylic acids is 1. The van der Waals surface area contributed by atoms with Gasteiger partial charge >= 0.3 is 5.97 Å². The minimum absolute atomic E-state index is 0.0404. The van der Waals surface area contributed by atoms with Crippen LogP contribution >= 0.6 is 0 Å². The molecule has 4 N–H and O–H groups in total. The van der Waals surface area contributed by atoms with Crippen molar-refractivity contribution in [3.8, 4) is 0 Å². The Morgan fingerprint density at radius 3 is 2.79 bits per heavy atom. The van der Waals surface area contributed by atoms with E-state index in [-0.39, 0.29) is 29.8 Å². The molecule has 0 fully saturated rings. The summed E-state index contributed by atoms with van der Waals surface area (Å²) in [5, 5.41) is 8.96. The monoisotopic (exact) mass is 339 g/mol. The van der Waals surface area contributed by atoms with Crippen LogP contribution in [0.2, 0.25) is 0 Å². The normalized spacial score (nSPS) is 13.8. The molecule has 130 valence electrons. The maximum atomic E-state index is 13.2. The van der Waals surface area contributed by atoms with Crippen LogP contribution in [0.3, 0.4) is 0 Å². The van der Waals surface area contributed by atoms with Gasteiger partial charge in [0.2, 0.25) is 0 Å². The fourth-order valence-corrected chi connectivity index (χ4v) is 2.30. The van der Waals surface area contributed by atoms with Gasteiger partial charge < -0.3 is 15.8 Å². The zero-order valence-electron chi connectivity index (χ0n) is 13.1. The Labute approximate surface area is 135 Å². The van der Waals surface area contributed by atoms with E-state index in [1.54, 1.807) is 0 Å². The van der Waals surface area contributed by atoms with Gasteiger partial charge in [-0.25, -0.2) is 9.37 Å². The van der Waals surface area contributed by atoms with Crippen molar-refractivity contribution in [3.05, 3.63) is 32.9 Å². The maximum Gasteiger partial charge on any atom is 0.323 e. The van der Waals surface area contributed by atoms with Gasteiger partial charge in [-0.1, -0.05) is 0 Å². The number of nitrogens with two attached hydrogens (primary N) is 1. The van der Waals surface area contributed by atoms with E-state index in [4.69, 9.17) is 10.8 Å². The van der Waals surface area contributed by atoms with Gasteiger partial charge in [-0.05, 0) is 26.2 Å². The number of carboxylic acid groups (broad SMARTS) is 1. The molecule has 0 unspecified atom stereocenters. The Morgan fingerprint density at radius 1 is 1.46 bits per heavy atom. The molecule has 0 amide bonds. The summed E-state index contributed by atoms with van der Waals surface area (Å²) < 4.78 is 14.3. The van der Waals surface area contributed by atoms with Crippen LogP contribution in [-0.4, -0.2) is 36.1 Å². The largest absolute Gasteiger partial charge is 0.480 e. The van der Waals surface area contributed by atoms with Crippen LogP contribution in [0.4, 0.5) is 4.39 Å². The lowest BCUT2D eigenvalue weighted by Crippen LogP contribution is -2.44. The molecule has 0 aromatic carbocycles. The molecular weight excluding hydrogens is 321 g/mol. The van der Waals surface area contributed by atoms with E-state index in [0.29, 0.717) is 12.8 Å². The van der Waals surface area contributed by atoms with E-state index in [2.05, 4.69) is 15.0 Å². The SMILES string of the molecule is C[C@](N)(CCCCn1c(CF)nc(=O)c2nc[nH]c2c1=O)C(=O)O. The van der Waals surface area contributed by atoms with Crippen LogP contribution < -0.4 is 16.9 Å². The number of alkyl halides is 1. The number of carbonyl (C=O) groups is 1. The van der Waals surface area contributed by atoms with E-state index in [1.807, 2.05) is 0 Å². The number of hydrogen-bond donors (Lipinski definition) is 3. The van der Waals surface area contributed by atoms with Gasteiger partial charge in [0.05, 0.1) is 6.33 Å². The number of carboxylic acids is 1. The Balaban J connectivity index is 2.27. The van der Waals surface area contributed by atoms with Crippen molar-refractivity contribution in [1.82, 2.24) is 19.5 Å². The first-order valence-electron chi connectivity index (χ1n) is 7.33. The standard InChI is InChI=1S/C14H18FN5O4/c1-14(16,13(23)24)4-2-3-5-20-8(6-15)19-11(21)9-10(12(20)22)18-7-17-9/h7H,2-6,16H2,1H3,(H,17,18)(H,23,24)/t14-/m0/s1. The van der Waals surface area contributed by atoms with Crippen molar-refractivity contribution < 1.29 is 14.3 Å². The average molecular weight is 339 g/mol. The number of unbranched alkanes of at least 4 members (excludes halogenated alkanes) is 1. The molecule has 24 heavy (non-hydrogen) atoms. The number of fused-ring (bicyclic) bond motifs is 1. The lowest BCUT2D eigenvalue weighted by molar-refractivity contribution is -0.142. The number of nitrogens with one attached hydrogen (secondary N) is 1. The van der Waals surface area contributed by atoms with Gasteiger partial charge in [0.1, 0.15) is 23.6 Å². The summed E-state index contributed by atoms with van der Waals surface area (Å²) in [4.78, 5) is 45.2. The number of nitrogens with zero attached hydrogens (tertiary/aromatic N) is 3. The molecule has 2 rings (SSSR count). The zero-order chi connectivity index (χ0) is 17.9. The predicted octanol–water partition coefficient (Wildman–Crippen LogP) is -0.0784. The quantitative estimate of drug-likeness (QED) is 0.598. The molecule has 0 saturated heterocycles. The summed E-state index contributed by atoms with van der Waals surface area (Å²) in [5.74, 6) is -1.41. The summed E-state index contributed by atoms with van der Waals surface area (Å²) in [6.07, 6.45) is 2.18. The highest BCUT2D eigenvalue weighted by Crippen LogP contribution is 2.12. The minimum Gasteiger partial charge on any atom is -0.480 e. The third kappa shape index (κ3) is 3.48. The second-order valence-corrected chi connectivity index (χ2v) is 5.73. The van der Waals surface area contributed by atoms with Crippen molar-refractivity contribution in [2.24, 2.45) is 5.73 Å². The average Bonchev–Trinajstić information content (AvgIpc) is 2.98. The molecule has 0 aliphatic heterocycles. The highest BCUT2D eigenvalue weighted by molar-refractivity contribution is 5.77. The Kier molecular flexibility index (Phi) is 5.07. The van der Waals surface area contributed by atoms with Gasteiger partial charge in [-0.2, -0.15) is 4.98 Å². The van der Waals surface area contributed by atoms with Crippen molar-refractivity contribution in [2.75, 3.05) is 0 Å². The third-order valence-electron chi connectivity index (χ3n) is 3.78. The second-order valence-electron chi connectivity index (χ2n) is 5.73. The predicted molar refractivity (Wildman–Crippen MR) is 83.3 cm³/mol. The number of halogens is 1. The number of hydrogen-bond acceptors (Lipinski definition) is 6. The Hall–Kier alpha value is -2.62. The molecule has 0 aliphatic rings. The summed E-state index contributed by atoms with van der Waals surface area (Å²) in [7, 11) is 0. The smallest absolute Gasteiger partial charge is 0.323 e. The van der Waals surface area contributed by atoms with Crippen molar-refractivity contribution in [2.45, 2.75) is 44.9 Å². The van der Waals surface area contributed by atoms with Crippen molar-refractivity contribution in [1.29, 1.82) is 0 Å². The van der Waals surface area contributed by atoms with Crippen LogP contribution in [0.5, 0.6) is 0 Å². The van der Waals surface area contributed by atoms with Gasteiger partial charge in [-0.3, -0.25) is 19.0 Å². The van der Waals surface area contributed by atoms with Crippen LogP contribution in [0.15, 0.2) is 15.9 Å². The number of rotatable bonds is 7. The molecule has 1 atom stereocenters. The maximum absolute atomic E-state index is 13.2. The molecule has 0 spiro atoms. The van der Waals surface area contributed by atoms with Crippen LogP contribution in [0.25, 0.3) is 11.0 Å². The summed E-state index contributed by atoms with van der Waals surface area (Å²) in [5.41, 5.74) is 2.70. The second kappa shape index (κ2) is 6.87. The number of H-pyrrole nitrogens is 1. The summed E-state index contributed by atoms with van der Waals surface area (Å²) >= 11 is 0. The van der Waals surface area contributed by atoms with Crippen molar-refractivity contribution in [3.63, 3.8) is 0 Å². The molecule has 2 aromatic rings. The number of aromatic nitrogens is 4. The third-order valence-corrected chi connectivity index (χ3v) is 3.78. The van der Waals surface area contributed by atoms with Crippen LogP contribution in [-0.2, 0) is 18.0 Å². The molecule has 0 radical (unpaired) electrons. The van der Waals surface area contributed by atoms with E-state index in [0.717, 1.165) is 4.57 Å². The van der Waals surface area contributed by atoms with E-state index in [9.17, 15) is 18.8 Å². The fraction of sp³-hybridized carbons (Fsp3) is 0.500. The minimum atomic E-state index is -1.37. The molecule has 9 nitrogen and oxygen atoms in total. The van der Waals surface area contributed by atoms with Crippen LogP contribution in [0.1, 0.15) is 32.0 Å². The molecule has 10 heteroatoms. The van der Waals surface area contributed by atoms with Gasteiger partial charge in [0, 0.05) is 6.54 Å². The lowest BCUT2D eigenvalue weighted by Gasteiger charge is -2.18. The van der Waals surface area contributed by atoms with E-state index in [1.165, 1.54) is 13.3 Å². The zero-order valence-corrected chi connectivity index (χ0v) is 13.1. The lowest BCUT2D eigenvalue weighted by atomic mass is 9.96. The molecule has 0 bridgehead atoms. The molecule has 0 saturated carbocycles. The highest BCUT2D eigenvalue weighted by atomic mass is 19.1. The number of aromatic amines is 1. The first-order chi connectivity index (χ1) is 11.3. The molecule has 2 heterocycles. The Morgan fingerprint density at radius 2 is 2.17 bits per heavy atom. The van der Waals surface area contributed by atoms with Gasteiger partial charge in [-0.15, -0.1) is 0 Å². The molecular formula is C14H18FN5O4. The highest BCUT2D eigenvalue weighted by Gasteiger charge is 2.26. The topological polar surface area (TPSA) is 144 Å². The van der Waals surface area contributed by atoms with Crippen LogP contribution in [0, 0.1) is 0 Å². The first kappa shape index (κ1) is 17.7. The van der Waals surface area contributed by atoms with Gasteiger partial charge in [0.25, 0.3) is 11.1 Å².